The van der Waals surface area contributed by atoms with Gasteiger partial charge >= 0.3 is 0 Å². The van der Waals surface area contributed by atoms with Gasteiger partial charge in [-0.1, -0.05) is 20.8 Å². The van der Waals surface area contributed by atoms with Crippen molar-refractivity contribution in [1.82, 2.24) is 14.5 Å². The first-order chi connectivity index (χ1) is 11.8. The molecular formula is C20H27N3O2. The third-order valence-electron chi connectivity index (χ3n) is 5.88. The van der Waals surface area contributed by atoms with Gasteiger partial charge in [0.25, 0.3) is 5.91 Å². The topological polar surface area (TPSA) is 58.4 Å². The Bertz CT molecular complexity index is 825. The first-order valence-corrected chi connectivity index (χ1v) is 9.17. The van der Waals surface area contributed by atoms with Crippen LogP contribution in [0, 0.1) is 10.8 Å². The fourth-order valence-electron chi connectivity index (χ4n) is 5.35. The number of amides is 1. The monoisotopic (exact) mass is 341 g/mol. The molecule has 2 aliphatic rings. The Hall–Kier alpha value is -1.88. The summed E-state index contributed by atoms with van der Waals surface area (Å²) in [6, 6.07) is 6.08. The lowest BCUT2D eigenvalue weighted by Crippen LogP contribution is -2.37. The summed E-state index contributed by atoms with van der Waals surface area (Å²) in [5, 5.41) is 9.13. The van der Waals surface area contributed by atoms with Crippen LogP contribution in [0.1, 0.15) is 50.4 Å². The van der Waals surface area contributed by atoms with E-state index in [4.69, 9.17) is 5.11 Å². The molecule has 0 radical (unpaired) electrons. The molecule has 134 valence electrons. The Morgan fingerprint density at radius 1 is 1.32 bits per heavy atom. The molecule has 1 saturated carbocycles. The minimum Gasteiger partial charge on any atom is -0.395 e. The van der Waals surface area contributed by atoms with Crippen molar-refractivity contribution in [3.8, 4) is 0 Å². The number of aliphatic hydroxyl groups excluding tert-OH is 1. The molecule has 1 saturated heterocycles. The van der Waals surface area contributed by atoms with Crippen LogP contribution < -0.4 is 0 Å². The average Bonchev–Trinajstić information content (AvgIpc) is 3.04. The fourth-order valence-corrected chi connectivity index (χ4v) is 5.35. The van der Waals surface area contributed by atoms with E-state index in [9.17, 15) is 4.79 Å². The molecular weight excluding hydrogens is 314 g/mol. The van der Waals surface area contributed by atoms with Gasteiger partial charge in [-0.2, -0.15) is 0 Å². The molecule has 2 atom stereocenters. The second-order valence-electron chi connectivity index (χ2n) is 9.01. The largest absolute Gasteiger partial charge is 0.395 e. The lowest BCUT2D eigenvalue weighted by atomic mass is 9.65. The van der Waals surface area contributed by atoms with Crippen molar-refractivity contribution in [1.29, 1.82) is 0 Å². The van der Waals surface area contributed by atoms with Crippen molar-refractivity contribution in [2.45, 2.75) is 52.6 Å². The number of aromatic nitrogens is 2. The van der Waals surface area contributed by atoms with Gasteiger partial charge in [-0.05, 0) is 48.3 Å². The third kappa shape index (κ3) is 2.84. The smallest absolute Gasteiger partial charge is 0.254 e. The van der Waals surface area contributed by atoms with Gasteiger partial charge in [0.2, 0.25) is 0 Å². The van der Waals surface area contributed by atoms with Gasteiger partial charge in [-0.15, -0.1) is 0 Å². The predicted octanol–water partition coefficient (Wildman–Crippen LogP) is 3.07. The molecule has 2 aromatic rings. The van der Waals surface area contributed by atoms with E-state index >= 15 is 0 Å². The van der Waals surface area contributed by atoms with E-state index < -0.39 is 0 Å². The minimum absolute atomic E-state index is 0.0793. The highest BCUT2D eigenvalue weighted by Gasteiger charge is 2.51. The third-order valence-corrected chi connectivity index (χ3v) is 5.88. The van der Waals surface area contributed by atoms with Crippen LogP contribution in [0.15, 0.2) is 24.5 Å². The van der Waals surface area contributed by atoms with Crippen LogP contribution >= 0.6 is 0 Å². The van der Waals surface area contributed by atoms with Crippen LogP contribution in [0.2, 0.25) is 0 Å². The van der Waals surface area contributed by atoms with Gasteiger partial charge in [-0.3, -0.25) is 4.79 Å². The van der Waals surface area contributed by atoms with Gasteiger partial charge < -0.3 is 14.6 Å². The van der Waals surface area contributed by atoms with Crippen LogP contribution in [0.4, 0.5) is 0 Å². The van der Waals surface area contributed by atoms with Crippen molar-refractivity contribution in [2.24, 2.45) is 10.8 Å². The molecule has 1 amide bonds. The van der Waals surface area contributed by atoms with Gasteiger partial charge in [0, 0.05) is 24.7 Å². The zero-order chi connectivity index (χ0) is 17.8. The molecule has 0 spiro atoms. The van der Waals surface area contributed by atoms with Gasteiger partial charge in [-0.25, -0.2) is 4.98 Å². The van der Waals surface area contributed by atoms with Crippen LogP contribution in [0.3, 0.4) is 0 Å². The van der Waals surface area contributed by atoms with Gasteiger partial charge in [0.15, 0.2) is 0 Å². The van der Waals surface area contributed by atoms with Crippen LogP contribution in [0.25, 0.3) is 11.0 Å². The number of likely N-dealkylation sites (tertiary alicyclic amines) is 1. The quantitative estimate of drug-likeness (QED) is 0.933. The Balaban J connectivity index is 1.62. The lowest BCUT2D eigenvalue weighted by Gasteiger charge is -2.39. The highest BCUT2D eigenvalue weighted by atomic mass is 16.3. The molecule has 2 fully saturated rings. The maximum absolute atomic E-state index is 13.2. The summed E-state index contributed by atoms with van der Waals surface area (Å²) < 4.78 is 1.91. The number of carbonyl (C=O) groups excluding carboxylic acids is 1. The normalized spacial score (nSPS) is 27.8. The van der Waals surface area contributed by atoms with Crippen molar-refractivity contribution < 1.29 is 9.90 Å². The van der Waals surface area contributed by atoms with Crippen molar-refractivity contribution in [3.63, 3.8) is 0 Å². The number of rotatable bonds is 3. The van der Waals surface area contributed by atoms with Gasteiger partial charge in [0.05, 0.1) is 24.0 Å². The van der Waals surface area contributed by atoms with Crippen molar-refractivity contribution in [2.75, 3.05) is 13.2 Å². The van der Waals surface area contributed by atoms with Crippen molar-refractivity contribution in [3.05, 3.63) is 30.1 Å². The second kappa shape index (κ2) is 5.56. The molecule has 1 aromatic heterocycles. The second-order valence-corrected chi connectivity index (χ2v) is 9.01. The number of benzene rings is 1. The van der Waals surface area contributed by atoms with E-state index in [2.05, 4.69) is 30.7 Å². The van der Waals surface area contributed by atoms with Crippen LogP contribution in [-0.4, -0.2) is 44.7 Å². The first kappa shape index (κ1) is 16.6. The Morgan fingerprint density at radius 3 is 2.88 bits per heavy atom. The van der Waals surface area contributed by atoms with Gasteiger partial charge in [0.1, 0.15) is 0 Å². The highest BCUT2D eigenvalue weighted by molar-refractivity contribution is 5.97. The Morgan fingerprint density at radius 2 is 2.12 bits per heavy atom. The molecule has 25 heavy (non-hydrogen) atoms. The first-order valence-electron chi connectivity index (χ1n) is 9.17. The molecule has 2 heterocycles. The van der Waals surface area contributed by atoms with Crippen LogP contribution in [-0.2, 0) is 6.54 Å². The Kier molecular flexibility index (Phi) is 3.69. The molecule has 4 rings (SSSR count). The average molecular weight is 341 g/mol. The highest BCUT2D eigenvalue weighted by Crippen LogP contribution is 2.52. The summed E-state index contributed by atoms with van der Waals surface area (Å²) in [4.78, 5) is 19.7. The molecule has 1 aliphatic carbocycles. The summed E-state index contributed by atoms with van der Waals surface area (Å²) in [6.07, 6.45) is 5.11. The summed E-state index contributed by atoms with van der Waals surface area (Å²) in [5.41, 5.74) is 3.04. The number of imidazole rings is 1. The number of fused-ring (bicyclic) bond motifs is 3. The minimum atomic E-state index is 0.0793. The van der Waals surface area contributed by atoms with E-state index in [1.165, 1.54) is 6.42 Å². The maximum Gasteiger partial charge on any atom is 0.254 e. The van der Waals surface area contributed by atoms with E-state index in [-0.39, 0.29) is 17.9 Å². The Labute approximate surface area is 148 Å². The van der Waals surface area contributed by atoms with E-state index in [1.807, 2.05) is 22.8 Å². The number of carbonyl (C=O) groups is 1. The fraction of sp³-hybridized carbons (Fsp3) is 0.600. The molecule has 1 aromatic carbocycles. The lowest BCUT2D eigenvalue weighted by molar-refractivity contribution is 0.0708. The summed E-state index contributed by atoms with van der Waals surface area (Å²) in [5.74, 6) is 0.130. The number of nitrogens with zero attached hydrogens (tertiary/aromatic N) is 3. The summed E-state index contributed by atoms with van der Waals surface area (Å²) in [6.45, 7) is 8.43. The van der Waals surface area contributed by atoms with E-state index in [1.54, 1.807) is 6.33 Å². The predicted molar refractivity (Wildman–Crippen MR) is 97.4 cm³/mol. The molecule has 2 bridgehead atoms. The zero-order valence-electron chi connectivity index (χ0n) is 15.3. The summed E-state index contributed by atoms with van der Waals surface area (Å²) in [7, 11) is 0. The standard InChI is InChI=1S/C20H27N3O2/c1-19(2)9-15-10-20(3,11-19)12-23(15)18(25)14-4-5-17-16(8-14)21-13-22(17)6-7-24/h4-5,8,13,15,24H,6-7,9-12H2,1-3H3/t15-,20-/m0/s1. The van der Waals surface area contributed by atoms with E-state index in [0.29, 0.717) is 18.0 Å². The molecule has 5 heteroatoms. The van der Waals surface area contributed by atoms with Crippen molar-refractivity contribution >= 4 is 16.9 Å². The summed E-state index contributed by atoms with van der Waals surface area (Å²) >= 11 is 0. The van der Waals surface area contributed by atoms with Crippen LogP contribution in [0.5, 0.6) is 0 Å². The number of aliphatic hydroxyl groups is 1. The molecule has 1 aliphatic heterocycles. The van der Waals surface area contributed by atoms with E-state index in [0.717, 1.165) is 36.0 Å². The SMILES string of the molecule is CC1(C)C[C@H]2C[C@](C)(CN2C(=O)c2ccc3c(c2)ncn3CCO)C1. The number of hydrogen-bond acceptors (Lipinski definition) is 3. The molecule has 1 N–H and O–H groups in total. The number of hydrogen-bond donors (Lipinski definition) is 1. The molecule has 5 nitrogen and oxygen atoms in total. The molecule has 0 unspecified atom stereocenters. The maximum atomic E-state index is 13.2. The zero-order valence-corrected chi connectivity index (χ0v) is 15.3.